The van der Waals surface area contributed by atoms with Crippen LogP contribution in [-0.2, 0) is 9.59 Å². The van der Waals surface area contributed by atoms with E-state index in [-0.39, 0.29) is 22.2 Å². The smallest absolute Gasteiger partial charge is 0.270 e. The van der Waals surface area contributed by atoms with E-state index in [0.29, 0.717) is 28.1 Å². The molecule has 2 amide bonds. The zero-order valence-electron chi connectivity index (χ0n) is 15.6. The molecule has 29 heavy (non-hydrogen) atoms. The van der Waals surface area contributed by atoms with Crippen molar-refractivity contribution in [2.45, 2.75) is 6.92 Å². The first-order valence-electron chi connectivity index (χ1n) is 8.56. The predicted molar refractivity (Wildman–Crippen MR) is 116 cm³/mol. The average molecular weight is 477 g/mol. The zero-order chi connectivity index (χ0) is 21.1. The Kier molecular flexibility index (Phi) is 6.19. The molecule has 1 aliphatic rings. The van der Waals surface area contributed by atoms with E-state index in [0.717, 1.165) is 0 Å². The Morgan fingerprint density at radius 2 is 2.03 bits per heavy atom. The number of amides is 2. The maximum Gasteiger partial charge on any atom is 0.270 e. The van der Waals surface area contributed by atoms with Gasteiger partial charge < -0.3 is 14.6 Å². The van der Waals surface area contributed by atoms with Gasteiger partial charge in [0.05, 0.1) is 23.9 Å². The lowest BCUT2D eigenvalue weighted by molar-refractivity contribution is -0.122. The molecule has 150 valence electrons. The van der Waals surface area contributed by atoms with Gasteiger partial charge in [0.1, 0.15) is 11.3 Å². The van der Waals surface area contributed by atoms with E-state index in [2.05, 4.69) is 21.2 Å². The Balaban J connectivity index is 2.02. The molecule has 0 aromatic heterocycles. The third-order valence-electron chi connectivity index (χ3n) is 4.07. The van der Waals surface area contributed by atoms with E-state index in [9.17, 15) is 14.7 Å². The van der Waals surface area contributed by atoms with E-state index in [1.807, 2.05) is 6.92 Å². The number of benzene rings is 2. The van der Waals surface area contributed by atoms with Crippen LogP contribution in [-0.4, -0.2) is 35.8 Å². The minimum atomic E-state index is -0.611. The van der Waals surface area contributed by atoms with Gasteiger partial charge in [-0.3, -0.25) is 19.8 Å². The molecule has 1 heterocycles. The minimum Gasteiger partial charge on any atom is -0.503 e. The second-order valence-corrected chi connectivity index (χ2v) is 7.18. The second-order valence-electron chi connectivity index (χ2n) is 5.94. The third-order valence-corrected chi connectivity index (χ3v) is 4.96. The summed E-state index contributed by atoms with van der Waals surface area (Å²) < 4.78 is 11.0. The van der Waals surface area contributed by atoms with Crippen LogP contribution < -0.4 is 19.7 Å². The van der Waals surface area contributed by atoms with Crippen LogP contribution in [0, 0.1) is 0 Å². The number of carbonyl (C=O) groups is 2. The van der Waals surface area contributed by atoms with Gasteiger partial charge >= 0.3 is 0 Å². The number of carbonyl (C=O) groups excluding carboxylic acids is 2. The lowest BCUT2D eigenvalue weighted by atomic mass is 10.1. The van der Waals surface area contributed by atoms with E-state index in [1.165, 1.54) is 24.2 Å². The average Bonchev–Trinajstić information content (AvgIpc) is 2.68. The quantitative estimate of drug-likeness (QED) is 0.390. The standard InChI is InChI=1S/C20H17BrN2O5S/c1-3-28-13-6-4-5-12(10-13)23-19(26)14(18(25)22-20(23)29)7-11-8-15(21)17(24)16(9-11)27-2/h4-10,24H,3H2,1-2H3,(H,22,25,29)/b14-7-. The predicted octanol–water partition coefficient (Wildman–Crippen LogP) is 3.39. The highest BCUT2D eigenvalue weighted by Crippen LogP contribution is 2.36. The van der Waals surface area contributed by atoms with Crippen LogP contribution in [0.1, 0.15) is 12.5 Å². The van der Waals surface area contributed by atoms with Gasteiger partial charge in [-0.2, -0.15) is 0 Å². The summed E-state index contributed by atoms with van der Waals surface area (Å²) in [6, 6.07) is 9.95. The van der Waals surface area contributed by atoms with Gasteiger partial charge in [0.25, 0.3) is 11.8 Å². The van der Waals surface area contributed by atoms with Crippen LogP contribution in [0.15, 0.2) is 46.4 Å². The molecule has 3 rings (SSSR count). The van der Waals surface area contributed by atoms with Crippen molar-refractivity contribution in [2.24, 2.45) is 0 Å². The largest absolute Gasteiger partial charge is 0.503 e. The molecule has 7 nitrogen and oxygen atoms in total. The summed E-state index contributed by atoms with van der Waals surface area (Å²) >= 11 is 8.43. The second kappa shape index (κ2) is 8.62. The fourth-order valence-corrected chi connectivity index (χ4v) is 3.51. The lowest BCUT2D eigenvalue weighted by Crippen LogP contribution is -2.54. The van der Waals surface area contributed by atoms with Crippen LogP contribution in [0.2, 0.25) is 0 Å². The molecule has 1 fully saturated rings. The van der Waals surface area contributed by atoms with E-state index < -0.39 is 11.8 Å². The molecule has 2 aromatic carbocycles. The molecule has 0 radical (unpaired) electrons. The summed E-state index contributed by atoms with van der Waals surface area (Å²) in [5, 5.41) is 12.5. The summed E-state index contributed by atoms with van der Waals surface area (Å²) in [6.45, 7) is 2.33. The lowest BCUT2D eigenvalue weighted by Gasteiger charge is -2.29. The van der Waals surface area contributed by atoms with E-state index in [1.54, 1.807) is 30.3 Å². The summed E-state index contributed by atoms with van der Waals surface area (Å²) in [7, 11) is 1.41. The number of rotatable bonds is 5. The minimum absolute atomic E-state index is 0.0183. The molecule has 0 aliphatic carbocycles. The van der Waals surface area contributed by atoms with Crippen molar-refractivity contribution in [3.63, 3.8) is 0 Å². The van der Waals surface area contributed by atoms with Crippen molar-refractivity contribution in [2.75, 3.05) is 18.6 Å². The number of phenolic OH excluding ortho intramolecular Hbond substituents is 1. The molecular formula is C20H17BrN2O5S. The number of nitrogens with one attached hydrogen (secondary N) is 1. The number of methoxy groups -OCH3 is 1. The number of hydrogen-bond donors (Lipinski definition) is 2. The van der Waals surface area contributed by atoms with Gasteiger partial charge in [-0.1, -0.05) is 6.07 Å². The van der Waals surface area contributed by atoms with Gasteiger partial charge in [-0.15, -0.1) is 0 Å². The van der Waals surface area contributed by atoms with Crippen LogP contribution in [0.3, 0.4) is 0 Å². The van der Waals surface area contributed by atoms with Gasteiger partial charge in [-0.05, 0) is 71.0 Å². The van der Waals surface area contributed by atoms with Crippen molar-refractivity contribution in [3.05, 3.63) is 52.0 Å². The number of phenols is 1. The zero-order valence-corrected chi connectivity index (χ0v) is 18.0. The van der Waals surface area contributed by atoms with E-state index >= 15 is 0 Å². The Morgan fingerprint density at radius 1 is 1.28 bits per heavy atom. The summed E-state index contributed by atoms with van der Waals surface area (Å²) in [5.41, 5.74) is 0.849. The normalized spacial score (nSPS) is 15.5. The molecule has 0 atom stereocenters. The molecule has 2 N–H and O–H groups in total. The first kappa shape index (κ1) is 20.8. The molecule has 1 aliphatic heterocycles. The first-order valence-corrected chi connectivity index (χ1v) is 9.76. The van der Waals surface area contributed by atoms with Gasteiger partial charge in [-0.25, -0.2) is 0 Å². The molecule has 2 aromatic rings. The van der Waals surface area contributed by atoms with E-state index in [4.69, 9.17) is 21.7 Å². The van der Waals surface area contributed by atoms with Gasteiger partial charge in [0.2, 0.25) is 0 Å². The SMILES string of the molecule is CCOc1cccc(N2C(=O)/C(=C\c3cc(Br)c(O)c(OC)c3)C(=O)NC2=S)c1. The van der Waals surface area contributed by atoms with Crippen LogP contribution in [0.4, 0.5) is 5.69 Å². The summed E-state index contributed by atoms with van der Waals surface area (Å²) in [6.07, 6.45) is 1.41. The molecule has 0 saturated carbocycles. The maximum atomic E-state index is 13.1. The summed E-state index contributed by atoms with van der Waals surface area (Å²) in [4.78, 5) is 26.8. The maximum absolute atomic E-state index is 13.1. The van der Waals surface area contributed by atoms with Crippen molar-refractivity contribution < 1.29 is 24.2 Å². The number of hydrogen-bond acceptors (Lipinski definition) is 6. The van der Waals surface area contributed by atoms with Crippen molar-refractivity contribution in [1.82, 2.24) is 5.32 Å². The molecule has 0 unspecified atom stereocenters. The highest BCUT2D eigenvalue weighted by molar-refractivity contribution is 9.10. The molecule has 0 bridgehead atoms. The van der Waals surface area contributed by atoms with Gasteiger partial charge in [0, 0.05) is 6.07 Å². The topological polar surface area (TPSA) is 88.1 Å². The Bertz CT molecular complexity index is 1040. The van der Waals surface area contributed by atoms with Crippen LogP contribution in [0.25, 0.3) is 6.08 Å². The van der Waals surface area contributed by atoms with Crippen molar-refractivity contribution in [3.8, 4) is 17.2 Å². The number of thiocarbonyl (C=S) groups is 1. The highest BCUT2D eigenvalue weighted by Gasteiger charge is 2.34. The fraction of sp³-hybridized carbons (Fsp3) is 0.150. The van der Waals surface area contributed by atoms with Crippen LogP contribution >= 0.6 is 28.1 Å². The Labute approximate surface area is 181 Å². The number of halogens is 1. The highest BCUT2D eigenvalue weighted by atomic mass is 79.9. The Hall–Kier alpha value is -2.91. The number of aromatic hydroxyl groups is 1. The molecular weight excluding hydrogens is 460 g/mol. The number of ether oxygens (including phenoxy) is 2. The molecule has 9 heteroatoms. The first-order chi connectivity index (χ1) is 13.8. The van der Waals surface area contributed by atoms with Crippen LogP contribution in [0.5, 0.6) is 17.2 Å². The number of nitrogens with zero attached hydrogens (tertiary/aromatic N) is 1. The molecule has 0 spiro atoms. The monoisotopic (exact) mass is 476 g/mol. The van der Waals surface area contributed by atoms with Crippen molar-refractivity contribution >= 4 is 56.8 Å². The Morgan fingerprint density at radius 3 is 2.72 bits per heavy atom. The number of anilines is 1. The van der Waals surface area contributed by atoms with Gasteiger partial charge in [0.15, 0.2) is 16.6 Å². The molecule has 1 saturated heterocycles. The van der Waals surface area contributed by atoms with Crippen molar-refractivity contribution in [1.29, 1.82) is 0 Å². The summed E-state index contributed by atoms with van der Waals surface area (Å²) in [5.74, 6) is -0.484. The third kappa shape index (κ3) is 4.25. The fourth-order valence-electron chi connectivity index (χ4n) is 2.77.